The summed E-state index contributed by atoms with van der Waals surface area (Å²) in [4.78, 5) is 45.8. The van der Waals surface area contributed by atoms with Gasteiger partial charge in [-0.2, -0.15) is 0 Å². The maximum Gasteiger partial charge on any atom is 0.338 e. The lowest BCUT2D eigenvalue weighted by atomic mass is 9.83. The molecule has 0 atom stereocenters. The van der Waals surface area contributed by atoms with E-state index < -0.39 is 0 Å². The molecule has 0 saturated heterocycles. The minimum Gasteiger partial charge on any atom is -0.341 e. The van der Waals surface area contributed by atoms with Crippen LogP contribution in [0.2, 0.25) is 0 Å². The number of ketones is 2. The first kappa shape index (κ1) is 29.8. The van der Waals surface area contributed by atoms with E-state index in [0.717, 1.165) is 105 Å². The van der Waals surface area contributed by atoms with E-state index in [1.807, 2.05) is 30.3 Å². The molecule has 0 radical (unpaired) electrons. The van der Waals surface area contributed by atoms with Gasteiger partial charge in [0.25, 0.3) is 0 Å². The van der Waals surface area contributed by atoms with Crippen molar-refractivity contribution < 1.29 is 19.2 Å². The Bertz CT molecular complexity index is 1510. The molecule has 0 aliphatic heterocycles. The maximum atomic E-state index is 14.1. The maximum absolute atomic E-state index is 14.1. The SMILES string of the molecule is CCn1c2ccc(C(=O)/C(CC3CCCCC3)=N\OC(=O)C3CCCCC3)cc2c2cc(C(=O)C3CCCCC3)ccc21. The molecule has 43 heavy (non-hydrogen) atoms. The van der Waals surface area contributed by atoms with Gasteiger partial charge < -0.3 is 9.40 Å². The predicted molar refractivity (Wildman–Crippen MR) is 172 cm³/mol. The van der Waals surface area contributed by atoms with Crippen LogP contribution in [-0.4, -0.2) is 27.8 Å². The van der Waals surface area contributed by atoms with Crippen molar-refractivity contribution in [1.82, 2.24) is 4.57 Å². The van der Waals surface area contributed by atoms with Gasteiger partial charge in [-0.25, -0.2) is 4.79 Å². The second-order valence-corrected chi connectivity index (χ2v) is 13.2. The Kier molecular flexibility index (Phi) is 9.40. The molecule has 3 aliphatic rings. The molecule has 0 unspecified atom stereocenters. The first-order valence-electron chi connectivity index (χ1n) is 17.0. The number of aromatic nitrogens is 1. The molecule has 2 aromatic carbocycles. The van der Waals surface area contributed by atoms with Crippen LogP contribution in [0.15, 0.2) is 41.6 Å². The van der Waals surface area contributed by atoms with Gasteiger partial charge >= 0.3 is 5.97 Å². The van der Waals surface area contributed by atoms with Crippen molar-refractivity contribution in [3.63, 3.8) is 0 Å². The number of aryl methyl sites for hydroxylation is 1. The van der Waals surface area contributed by atoms with Gasteiger partial charge in [-0.1, -0.05) is 75.8 Å². The van der Waals surface area contributed by atoms with Gasteiger partial charge in [0.1, 0.15) is 5.71 Å². The van der Waals surface area contributed by atoms with Crippen molar-refractivity contribution in [1.29, 1.82) is 0 Å². The quantitative estimate of drug-likeness (QED) is 0.109. The summed E-state index contributed by atoms with van der Waals surface area (Å²) < 4.78 is 2.25. The van der Waals surface area contributed by atoms with Crippen molar-refractivity contribution in [2.45, 2.75) is 116 Å². The molecule has 1 heterocycles. The molecule has 3 aromatic rings. The van der Waals surface area contributed by atoms with Crippen molar-refractivity contribution >= 4 is 45.1 Å². The molecule has 6 nitrogen and oxygen atoms in total. The first-order valence-corrected chi connectivity index (χ1v) is 17.0. The smallest absolute Gasteiger partial charge is 0.338 e. The molecular weight excluding hydrogens is 536 g/mol. The Morgan fingerprint density at radius 3 is 1.86 bits per heavy atom. The van der Waals surface area contributed by atoms with Crippen LogP contribution in [0.4, 0.5) is 0 Å². The van der Waals surface area contributed by atoms with E-state index in [4.69, 9.17) is 4.84 Å². The second-order valence-electron chi connectivity index (χ2n) is 13.2. The zero-order valence-electron chi connectivity index (χ0n) is 25.7. The summed E-state index contributed by atoms with van der Waals surface area (Å²) in [6.45, 7) is 2.91. The zero-order chi connectivity index (χ0) is 29.8. The first-order chi connectivity index (χ1) is 21.0. The standard InChI is InChI=1S/C37H46N2O4/c1-2-39-33-20-18-28(35(40)26-14-8-4-9-15-26)23-30(33)31-24-29(19-21-34(31)39)36(41)32(22-25-12-6-3-7-13-25)38-43-37(42)27-16-10-5-11-17-27/h18-21,23-27H,2-17,22H2,1H3/b38-32-. The fourth-order valence-corrected chi connectivity index (χ4v) is 7.86. The van der Waals surface area contributed by atoms with Gasteiger partial charge in [0.15, 0.2) is 5.78 Å². The molecule has 6 heteroatoms. The number of fused-ring (bicyclic) bond motifs is 3. The summed E-state index contributed by atoms with van der Waals surface area (Å²) in [5.41, 5.74) is 3.78. The number of hydrogen-bond acceptors (Lipinski definition) is 5. The molecule has 0 spiro atoms. The summed E-state index contributed by atoms with van der Waals surface area (Å²) in [5, 5.41) is 6.26. The van der Waals surface area contributed by atoms with E-state index in [9.17, 15) is 14.4 Å². The average Bonchev–Trinajstić information content (AvgIpc) is 3.39. The highest BCUT2D eigenvalue weighted by molar-refractivity contribution is 6.46. The Labute approximate surface area is 255 Å². The van der Waals surface area contributed by atoms with Crippen LogP contribution in [0.3, 0.4) is 0 Å². The number of hydrogen-bond donors (Lipinski definition) is 0. The number of nitrogens with zero attached hydrogens (tertiary/aromatic N) is 2. The van der Waals surface area contributed by atoms with Crippen LogP contribution >= 0.6 is 0 Å². The van der Waals surface area contributed by atoms with E-state index in [-0.39, 0.29) is 29.4 Å². The van der Waals surface area contributed by atoms with Crippen LogP contribution in [0, 0.1) is 17.8 Å². The summed E-state index contributed by atoms with van der Waals surface area (Å²) in [7, 11) is 0. The lowest BCUT2D eigenvalue weighted by Gasteiger charge is -2.22. The normalized spacial score (nSPS) is 19.6. The number of Topliss-reactive ketones (excluding diaryl/α,β-unsaturated/α-hetero) is 2. The van der Waals surface area contributed by atoms with Crippen LogP contribution in [0.1, 0.15) is 130 Å². The lowest BCUT2D eigenvalue weighted by Crippen LogP contribution is -2.23. The van der Waals surface area contributed by atoms with Crippen molar-refractivity contribution in [3.8, 4) is 0 Å². The number of benzene rings is 2. The molecule has 0 bridgehead atoms. The van der Waals surface area contributed by atoms with E-state index in [2.05, 4.69) is 22.7 Å². The number of oxime groups is 1. The third-order valence-electron chi connectivity index (χ3n) is 10.4. The monoisotopic (exact) mass is 582 g/mol. The molecule has 3 aliphatic carbocycles. The highest BCUT2D eigenvalue weighted by atomic mass is 16.7. The van der Waals surface area contributed by atoms with Gasteiger partial charge in [-0.15, -0.1) is 0 Å². The molecular formula is C37H46N2O4. The molecule has 1 aromatic heterocycles. The highest BCUT2D eigenvalue weighted by Crippen LogP contribution is 2.34. The topological polar surface area (TPSA) is 77.7 Å². The third-order valence-corrected chi connectivity index (χ3v) is 10.4. The van der Waals surface area contributed by atoms with Gasteiger partial charge in [0.2, 0.25) is 5.78 Å². The Hall–Kier alpha value is -3.28. The largest absolute Gasteiger partial charge is 0.341 e. The van der Waals surface area contributed by atoms with Gasteiger partial charge in [0.05, 0.1) is 5.92 Å². The minimum atomic E-state index is -0.301. The Balaban J connectivity index is 1.33. The average molecular weight is 583 g/mol. The molecule has 6 rings (SSSR count). The van der Waals surface area contributed by atoms with E-state index in [1.165, 1.54) is 25.7 Å². The van der Waals surface area contributed by atoms with Gasteiger partial charge in [0, 0.05) is 45.4 Å². The number of carbonyl (C=O) groups is 3. The number of rotatable bonds is 9. The van der Waals surface area contributed by atoms with Gasteiger partial charge in [-0.3, -0.25) is 9.59 Å². The molecule has 0 N–H and O–H groups in total. The second kappa shape index (κ2) is 13.6. The van der Waals surface area contributed by atoms with E-state index in [1.54, 1.807) is 0 Å². The fourth-order valence-electron chi connectivity index (χ4n) is 7.86. The van der Waals surface area contributed by atoms with Gasteiger partial charge in [-0.05, 0) is 81.3 Å². The summed E-state index contributed by atoms with van der Waals surface area (Å²) in [5.74, 6) is 0.140. The van der Waals surface area contributed by atoms with Crippen molar-refractivity contribution in [3.05, 3.63) is 47.5 Å². The predicted octanol–water partition coefficient (Wildman–Crippen LogP) is 9.21. The summed E-state index contributed by atoms with van der Waals surface area (Å²) >= 11 is 0. The molecule has 3 saturated carbocycles. The van der Waals surface area contributed by atoms with E-state index in [0.29, 0.717) is 23.6 Å². The Morgan fingerprint density at radius 1 is 0.721 bits per heavy atom. The van der Waals surface area contributed by atoms with Crippen LogP contribution < -0.4 is 0 Å². The van der Waals surface area contributed by atoms with Crippen LogP contribution in [-0.2, 0) is 16.2 Å². The summed E-state index contributed by atoms with van der Waals surface area (Å²) in [6, 6.07) is 11.9. The number of carbonyl (C=O) groups excluding carboxylic acids is 3. The fraction of sp³-hybridized carbons (Fsp3) is 0.568. The molecule has 228 valence electrons. The summed E-state index contributed by atoms with van der Waals surface area (Å²) in [6.07, 6.45) is 16.6. The van der Waals surface area contributed by atoms with Crippen molar-refractivity contribution in [2.24, 2.45) is 22.9 Å². The minimum absolute atomic E-state index is 0.109. The Morgan fingerprint density at radius 2 is 1.26 bits per heavy atom. The zero-order valence-corrected chi connectivity index (χ0v) is 25.7. The molecule has 3 fully saturated rings. The van der Waals surface area contributed by atoms with Crippen LogP contribution in [0.5, 0.6) is 0 Å². The highest BCUT2D eigenvalue weighted by Gasteiger charge is 2.27. The van der Waals surface area contributed by atoms with Crippen molar-refractivity contribution in [2.75, 3.05) is 0 Å². The third kappa shape index (κ3) is 6.49. The van der Waals surface area contributed by atoms with Crippen LogP contribution in [0.25, 0.3) is 21.8 Å². The van der Waals surface area contributed by atoms with E-state index >= 15 is 0 Å². The lowest BCUT2D eigenvalue weighted by molar-refractivity contribution is -0.149. The molecule has 0 amide bonds.